The van der Waals surface area contributed by atoms with Crippen LogP contribution in [0.2, 0.25) is 0 Å². The third-order valence-corrected chi connectivity index (χ3v) is 2.92. The van der Waals surface area contributed by atoms with E-state index in [-0.39, 0.29) is 11.3 Å². The highest BCUT2D eigenvalue weighted by Crippen LogP contribution is 2.29. The number of carbonyl (C=O) groups excluding carboxylic acids is 1. The van der Waals surface area contributed by atoms with Gasteiger partial charge in [-0.2, -0.15) is 13.2 Å². The molecule has 0 heterocycles. The highest BCUT2D eigenvalue weighted by atomic mass is 19.4. The van der Waals surface area contributed by atoms with Gasteiger partial charge in [0.25, 0.3) is 5.91 Å². The van der Waals surface area contributed by atoms with E-state index in [0.717, 1.165) is 30.3 Å². The lowest BCUT2D eigenvalue weighted by Crippen LogP contribution is -2.13. The molecule has 0 radical (unpaired) electrons. The summed E-state index contributed by atoms with van der Waals surface area (Å²) in [5.74, 6) is -1.11. The van der Waals surface area contributed by atoms with Crippen molar-refractivity contribution >= 4 is 11.6 Å². The molecule has 6 heteroatoms. The van der Waals surface area contributed by atoms with Gasteiger partial charge >= 0.3 is 6.18 Å². The number of nitrogens with one attached hydrogen (secondary N) is 1. The zero-order valence-electron chi connectivity index (χ0n) is 11.0. The molecule has 0 spiro atoms. The van der Waals surface area contributed by atoms with Gasteiger partial charge in [0.15, 0.2) is 0 Å². The fourth-order valence-corrected chi connectivity index (χ4v) is 1.73. The molecule has 1 N–H and O–H groups in total. The Kier molecular flexibility index (Phi) is 3.97. The summed E-state index contributed by atoms with van der Waals surface area (Å²) >= 11 is 0. The van der Waals surface area contributed by atoms with Crippen LogP contribution in [0.25, 0.3) is 0 Å². The topological polar surface area (TPSA) is 29.1 Å². The van der Waals surface area contributed by atoms with Crippen LogP contribution in [0.4, 0.5) is 23.2 Å². The van der Waals surface area contributed by atoms with Crippen LogP contribution < -0.4 is 5.32 Å². The van der Waals surface area contributed by atoms with Crippen LogP contribution in [0.5, 0.6) is 0 Å². The molecule has 110 valence electrons. The standard InChI is InChI=1S/C15H11F4NO/c1-9-2-7-12(16)8-13(9)20-14(21)10-3-5-11(6-4-10)15(17,18)19/h2-8H,1H3,(H,20,21). The van der Waals surface area contributed by atoms with Gasteiger partial charge in [0.2, 0.25) is 0 Å². The van der Waals surface area contributed by atoms with Gasteiger partial charge in [0, 0.05) is 11.3 Å². The second-order valence-corrected chi connectivity index (χ2v) is 4.49. The number of alkyl halides is 3. The van der Waals surface area contributed by atoms with Crippen molar-refractivity contribution in [1.82, 2.24) is 0 Å². The number of aryl methyl sites for hydroxylation is 1. The lowest BCUT2D eigenvalue weighted by atomic mass is 10.1. The summed E-state index contributed by atoms with van der Waals surface area (Å²) in [5, 5.41) is 2.47. The maximum absolute atomic E-state index is 13.1. The molecule has 0 aliphatic rings. The molecular formula is C15H11F4NO. The molecule has 0 saturated heterocycles. The van der Waals surface area contributed by atoms with Crippen LogP contribution in [-0.2, 0) is 6.18 Å². The first-order chi connectivity index (χ1) is 9.77. The number of carbonyl (C=O) groups is 1. The normalized spacial score (nSPS) is 11.3. The van der Waals surface area contributed by atoms with Crippen molar-refractivity contribution in [2.24, 2.45) is 0 Å². The van der Waals surface area contributed by atoms with Crippen LogP contribution >= 0.6 is 0 Å². The van der Waals surface area contributed by atoms with Crippen LogP contribution in [-0.4, -0.2) is 5.91 Å². The highest BCUT2D eigenvalue weighted by Gasteiger charge is 2.30. The monoisotopic (exact) mass is 297 g/mol. The minimum Gasteiger partial charge on any atom is -0.322 e. The summed E-state index contributed by atoms with van der Waals surface area (Å²) in [7, 11) is 0. The van der Waals surface area contributed by atoms with E-state index in [4.69, 9.17) is 0 Å². The zero-order valence-corrected chi connectivity index (χ0v) is 11.0. The molecule has 21 heavy (non-hydrogen) atoms. The summed E-state index contributed by atoms with van der Waals surface area (Å²) in [5.41, 5.74) is 0.157. The van der Waals surface area contributed by atoms with Gasteiger partial charge in [-0.05, 0) is 48.9 Å². The molecule has 0 bridgehead atoms. The summed E-state index contributed by atoms with van der Waals surface area (Å²) in [6.45, 7) is 1.68. The third-order valence-electron chi connectivity index (χ3n) is 2.92. The molecule has 0 aromatic heterocycles. The Balaban J connectivity index is 2.19. The number of hydrogen-bond acceptors (Lipinski definition) is 1. The fraction of sp³-hybridized carbons (Fsp3) is 0.133. The molecule has 2 aromatic carbocycles. The number of halogens is 4. The maximum Gasteiger partial charge on any atom is 0.416 e. The number of benzene rings is 2. The van der Waals surface area contributed by atoms with Crippen molar-refractivity contribution in [3.05, 3.63) is 65.0 Å². The van der Waals surface area contributed by atoms with E-state index in [0.29, 0.717) is 5.56 Å². The Labute approximate surface area is 118 Å². The first kappa shape index (κ1) is 15.0. The first-order valence-corrected chi connectivity index (χ1v) is 6.02. The quantitative estimate of drug-likeness (QED) is 0.818. The lowest BCUT2D eigenvalue weighted by molar-refractivity contribution is -0.137. The summed E-state index contributed by atoms with van der Waals surface area (Å²) in [6.07, 6.45) is -4.45. The highest BCUT2D eigenvalue weighted by molar-refractivity contribution is 6.04. The first-order valence-electron chi connectivity index (χ1n) is 6.02. The van der Waals surface area contributed by atoms with E-state index >= 15 is 0 Å². The molecule has 1 amide bonds. The van der Waals surface area contributed by atoms with Crippen LogP contribution in [0.3, 0.4) is 0 Å². The fourth-order valence-electron chi connectivity index (χ4n) is 1.73. The molecular weight excluding hydrogens is 286 g/mol. The molecule has 0 atom stereocenters. The number of rotatable bonds is 2. The SMILES string of the molecule is Cc1ccc(F)cc1NC(=O)c1ccc(C(F)(F)F)cc1. The predicted octanol–water partition coefficient (Wildman–Crippen LogP) is 4.41. The van der Waals surface area contributed by atoms with Gasteiger partial charge in [0.1, 0.15) is 5.82 Å². The Morgan fingerprint density at radius 1 is 1.05 bits per heavy atom. The number of amides is 1. The lowest BCUT2D eigenvalue weighted by Gasteiger charge is -2.10. The van der Waals surface area contributed by atoms with Gasteiger partial charge in [-0.25, -0.2) is 4.39 Å². The van der Waals surface area contributed by atoms with Gasteiger partial charge < -0.3 is 5.32 Å². The van der Waals surface area contributed by atoms with Crippen LogP contribution in [0.1, 0.15) is 21.5 Å². The molecule has 0 aliphatic carbocycles. The average molecular weight is 297 g/mol. The molecule has 2 aromatic rings. The average Bonchev–Trinajstić information content (AvgIpc) is 2.42. The number of hydrogen-bond donors (Lipinski definition) is 1. The van der Waals surface area contributed by atoms with E-state index in [1.807, 2.05) is 0 Å². The molecule has 2 rings (SSSR count). The summed E-state index contributed by atoms with van der Waals surface area (Å²) in [6, 6.07) is 7.71. The Morgan fingerprint density at radius 3 is 2.24 bits per heavy atom. The molecule has 0 unspecified atom stereocenters. The third kappa shape index (κ3) is 3.59. The van der Waals surface area contributed by atoms with E-state index in [1.165, 1.54) is 12.1 Å². The zero-order chi connectivity index (χ0) is 15.6. The second kappa shape index (κ2) is 5.55. The van der Waals surface area contributed by atoms with Crippen LogP contribution in [0, 0.1) is 12.7 Å². The second-order valence-electron chi connectivity index (χ2n) is 4.49. The van der Waals surface area contributed by atoms with E-state index in [9.17, 15) is 22.4 Å². The summed E-state index contributed by atoms with van der Waals surface area (Å²) < 4.78 is 50.4. The van der Waals surface area contributed by atoms with Crippen molar-refractivity contribution in [2.75, 3.05) is 5.32 Å². The van der Waals surface area contributed by atoms with Crippen molar-refractivity contribution in [2.45, 2.75) is 13.1 Å². The van der Waals surface area contributed by atoms with Gasteiger partial charge in [0.05, 0.1) is 5.56 Å². The maximum atomic E-state index is 13.1. The van der Waals surface area contributed by atoms with E-state index in [2.05, 4.69) is 5.32 Å². The van der Waals surface area contributed by atoms with Gasteiger partial charge in [-0.3, -0.25) is 4.79 Å². The van der Waals surface area contributed by atoms with Crippen LogP contribution in [0.15, 0.2) is 42.5 Å². The van der Waals surface area contributed by atoms with Crippen molar-refractivity contribution in [1.29, 1.82) is 0 Å². The van der Waals surface area contributed by atoms with E-state index < -0.39 is 23.5 Å². The van der Waals surface area contributed by atoms with Crippen molar-refractivity contribution < 1.29 is 22.4 Å². The molecule has 2 nitrogen and oxygen atoms in total. The van der Waals surface area contributed by atoms with Crippen molar-refractivity contribution in [3.8, 4) is 0 Å². The van der Waals surface area contributed by atoms with Crippen molar-refractivity contribution in [3.63, 3.8) is 0 Å². The number of anilines is 1. The smallest absolute Gasteiger partial charge is 0.322 e. The minimum absolute atomic E-state index is 0.0617. The molecule has 0 fully saturated rings. The Hall–Kier alpha value is -2.37. The Morgan fingerprint density at radius 2 is 1.67 bits per heavy atom. The Bertz CT molecular complexity index is 662. The van der Waals surface area contributed by atoms with Gasteiger partial charge in [-0.15, -0.1) is 0 Å². The van der Waals surface area contributed by atoms with E-state index in [1.54, 1.807) is 6.92 Å². The summed E-state index contributed by atoms with van der Waals surface area (Å²) in [4.78, 5) is 11.9. The largest absolute Gasteiger partial charge is 0.416 e. The predicted molar refractivity (Wildman–Crippen MR) is 70.5 cm³/mol. The molecule has 0 aliphatic heterocycles. The molecule has 0 saturated carbocycles. The minimum atomic E-state index is -4.45. The van der Waals surface area contributed by atoms with Gasteiger partial charge in [-0.1, -0.05) is 6.07 Å².